The molecule has 0 fully saturated rings. The van der Waals surface area contributed by atoms with E-state index in [0.717, 1.165) is 11.1 Å². The number of aryl methyl sites for hydroxylation is 3. The third-order valence-corrected chi connectivity index (χ3v) is 4.16. The van der Waals surface area contributed by atoms with Gasteiger partial charge >= 0.3 is 0 Å². The number of nitrogens with one attached hydrogen (secondary N) is 2. The number of nitrogens with zero attached hydrogens (tertiary/aromatic N) is 2. The molecule has 1 heterocycles. The minimum Gasteiger partial charge on any atom is -0.323 e. The van der Waals surface area contributed by atoms with Crippen LogP contribution in [0.15, 0.2) is 42.5 Å². The van der Waals surface area contributed by atoms with E-state index in [1.807, 2.05) is 26.0 Å². The molecule has 138 valence electrons. The van der Waals surface area contributed by atoms with Crippen LogP contribution in [0.4, 0.5) is 21.7 Å². The van der Waals surface area contributed by atoms with Gasteiger partial charge in [0.05, 0.1) is 10.7 Å². The van der Waals surface area contributed by atoms with E-state index < -0.39 is 5.91 Å². The van der Waals surface area contributed by atoms with Crippen molar-refractivity contribution in [2.45, 2.75) is 20.8 Å². The number of anilines is 3. The van der Waals surface area contributed by atoms with Crippen molar-refractivity contribution in [1.82, 2.24) is 9.97 Å². The lowest BCUT2D eigenvalue weighted by Gasteiger charge is -2.13. The zero-order valence-electron chi connectivity index (χ0n) is 15.1. The number of carbonyl (C=O) groups is 1. The molecule has 7 heteroatoms. The highest BCUT2D eigenvalue weighted by Crippen LogP contribution is 2.29. The summed E-state index contributed by atoms with van der Waals surface area (Å²) in [5.74, 6) is -0.516. The molecular weight excluding hydrogens is 367 g/mol. The Morgan fingerprint density at radius 3 is 2.41 bits per heavy atom. The van der Waals surface area contributed by atoms with Crippen LogP contribution in [0.5, 0.6) is 0 Å². The Morgan fingerprint density at radius 1 is 1.04 bits per heavy atom. The van der Waals surface area contributed by atoms with Crippen LogP contribution in [-0.2, 0) is 0 Å². The average Bonchev–Trinajstić information content (AvgIpc) is 2.59. The quantitative estimate of drug-likeness (QED) is 0.649. The largest absolute Gasteiger partial charge is 0.323 e. The predicted molar refractivity (Wildman–Crippen MR) is 105 cm³/mol. The fourth-order valence-electron chi connectivity index (χ4n) is 2.65. The van der Waals surface area contributed by atoms with Crippen molar-refractivity contribution in [2.75, 3.05) is 10.6 Å². The normalized spacial score (nSPS) is 10.6. The summed E-state index contributed by atoms with van der Waals surface area (Å²) in [6, 6.07) is 10.9. The molecule has 2 aromatic carbocycles. The fourth-order valence-corrected chi connectivity index (χ4v) is 3.02. The molecule has 0 saturated heterocycles. The molecule has 0 saturated carbocycles. The highest BCUT2D eigenvalue weighted by Gasteiger charge is 2.13. The lowest BCUT2D eigenvalue weighted by Crippen LogP contribution is -2.15. The smallest absolute Gasteiger partial charge is 0.274 e. The molecule has 1 aromatic heterocycles. The van der Waals surface area contributed by atoms with Crippen molar-refractivity contribution in [1.29, 1.82) is 0 Å². The number of aromatic nitrogens is 2. The molecule has 3 aromatic rings. The molecule has 0 atom stereocenters. The number of halogens is 2. The van der Waals surface area contributed by atoms with Gasteiger partial charge in [0.15, 0.2) is 0 Å². The Balaban J connectivity index is 1.86. The second kappa shape index (κ2) is 7.72. The molecule has 0 spiro atoms. The van der Waals surface area contributed by atoms with Gasteiger partial charge in [0.25, 0.3) is 5.91 Å². The van der Waals surface area contributed by atoms with E-state index in [2.05, 4.69) is 20.6 Å². The molecule has 3 rings (SSSR count). The molecule has 5 nitrogen and oxygen atoms in total. The first-order valence-electron chi connectivity index (χ1n) is 8.28. The summed E-state index contributed by atoms with van der Waals surface area (Å²) in [7, 11) is 0. The number of amides is 1. The van der Waals surface area contributed by atoms with E-state index in [-0.39, 0.29) is 17.5 Å². The maximum atomic E-state index is 13.0. The number of carbonyl (C=O) groups excluding carboxylic acids is 1. The van der Waals surface area contributed by atoms with Crippen LogP contribution in [-0.4, -0.2) is 15.9 Å². The van der Waals surface area contributed by atoms with E-state index >= 15 is 0 Å². The first-order chi connectivity index (χ1) is 12.8. The van der Waals surface area contributed by atoms with E-state index in [4.69, 9.17) is 11.6 Å². The van der Waals surface area contributed by atoms with Crippen LogP contribution < -0.4 is 10.6 Å². The van der Waals surface area contributed by atoms with Crippen LogP contribution in [0.25, 0.3) is 0 Å². The SMILES string of the molecule is Cc1cc(C)c(Nc2nc(C)cc(C(=O)Nc3ccc(F)cc3)n2)c(Cl)c1. The van der Waals surface area contributed by atoms with Crippen molar-refractivity contribution < 1.29 is 9.18 Å². The highest BCUT2D eigenvalue weighted by molar-refractivity contribution is 6.33. The molecule has 0 aliphatic carbocycles. The highest BCUT2D eigenvalue weighted by atomic mass is 35.5. The van der Waals surface area contributed by atoms with Crippen molar-refractivity contribution in [3.8, 4) is 0 Å². The maximum absolute atomic E-state index is 13.0. The Morgan fingerprint density at radius 2 is 1.74 bits per heavy atom. The lowest BCUT2D eigenvalue weighted by molar-refractivity contribution is 0.102. The lowest BCUT2D eigenvalue weighted by atomic mass is 10.1. The Hall–Kier alpha value is -2.99. The van der Waals surface area contributed by atoms with Gasteiger partial charge in [0.2, 0.25) is 5.95 Å². The minimum atomic E-state index is -0.415. The second-order valence-electron chi connectivity index (χ2n) is 6.24. The van der Waals surface area contributed by atoms with Gasteiger partial charge in [-0.2, -0.15) is 0 Å². The number of hydrogen-bond acceptors (Lipinski definition) is 4. The van der Waals surface area contributed by atoms with E-state index in [9.17, 15) is 9.18 Å². The summed E-state index contributed by atoms with van der Waals surface area (Å²) in [4.78, 5) is 21.1. The fraction of sp³-hybridized carbons (Fsp3) is 0.150. The Kier molecular flexibility index (Phi) is 5.37. The van der Waals surface area contributed by atoms with Gasteiger partial charge in [-0.05, 0) is 68.3 Å². The van der Waals surface area contributed by atoms with Crippen molar-refractivity contribution >= 4 is 34.8 Å². The minimum absolute atomic E-state index is 0.190. The van der Waals surface area contributed by atoms with Crippen LogP contribution in [0.1, 0.15) is 27.3 Å². The average molecular weight is 385 g/mol. The topological polar surface area (TPSA) is 66.9 Å². The summed E-state index contributed by atoms with van der Waals surface area (Å²) in [5, 5.41) is 6.33. The van der Waals surface area contributed by atoms with E-state index in [1.165, 1.54) is 24.3 Å². The summed E-state index contributed by atoms with van der Waals surface area (Å²) in [6.45, 7) is 5.66. The summed E-state index contributed by atoms with van der Waals surface area (Å²) >= 11 is 6.32. The van der Waals surface area contributed by atoms with Crippen molar-refractivity contribution in [3.63, 3.8) is 0 Å². The standard InChI is InChI=1S/C20H18ClFN4O/c1-11-8-12(2)18(16(21)9-11)26-20-23-13(3)10-17(25-20)19(27)24-15-6-4-14(22)5-7-15/h4-10H,1-3H3,(H,24,27)(H,23,25,26). The van der Waals surface area contributed by atoms with E-state index in [1.54, 1.807) is 13.0 Å². The number of benzene rings is 2. The van der Waals surface area contributed by atoms with Crippen molar-refractivity contribution in [3.05, 3.63) is 75.8 Å². The van der Waals surface area contributed by atoms with Crippen LogP contribution >= 0.6 is 11.6 Å². The molecule has 1 amide bonds. The molecular formula is C20H18ClFN4O. The second-order valence-corrected chi connectivity index (χ2v) is 6.65. The third-order valence-electron chi connectivity index (χ3n) is 3.86. The van der Waals surface area contributed by atoms with Gasteiger partial charge in [-0.25, -0.2) is 14.4 Å². The monoisotopic (exact) mass is 384 g/mol. The first-order valence-corrected chi connectivity index (χ1v) is 8.66. The molecule has 0 radical (unpaired) electrons. The van der Waals surface area contributed by atoms with Gasteiger partial charge in [-0.1, -0.05) is 17.7 Å². The van der Waals surface area contributed by atoms with Crippen molar-refractivity contribution in [2.24, 2.45) is 0 Å². The zero-order valence-corrected chi connectivity index (χ0v) is 15.9. The molecule has 0 aliphatic rings. The summed E-state index contributed by atoms with van der Waals surface area (Å²) < 4.78 is 13.0. The molecule has 2 N–H and O–H groups in total. The van der Waals surface area contributed by atoms with Gasteiger partial charge in [-0.3, -0.25) is 4.79 Å². The number of rotatable bonds is 4. The van der Waals surface area contributed by atoms with Crippen LogP contribution in [0, 0.1) is 26.6 Å². The van der Waals surface area contributed by atoms with Gasteiger partial charge in [0.1, 0.15) is 11.5 Å². The predicted octanol–water partition coefficient (Wildman–Crippen LogP) is 5.19. The van der Waals surface area contributed by atoms with Gasteiger partial charge in [-0.15, -0.1) is 0 Å². The summed E-state index contributed by atoms with van der Waals surface area (Å²) in [6.07, 6.45) is 0. The van der Waals surface area contributed by atoms with Crippen LogP contribution in [0.2, 0.25) is 5.02 Å². The van der Waals surface area contributed by atoms with Gasteiger partial charge in [0, 0.05) is 11.4 Å². The Bertz CT molecular complexity index is 982. The van der Waals surface area contributed by atoms with Crippen LogP contribution in [0.3, 0.4) is 0 Å². The van der Waals surface area contributed by atoms with E-state index in [0.29, 0.717) is 22.1 Å². The maximum Gasteiger partial charge on any atom is 0.274 e. The molecule has 0 unspecified atom stereocenters. The number of hydrogen-bond donors (Lipinski definition) is 2. The zero-order chi connectivity index (χ0) is 19.6. The molecule has 0 aliphatic heterocycles. The Labute approximate surface area is 161 Å². The third kappa shape index (κ3) is 4.60. The summed E-state index contributed by atoms with van der Waals surface area (Å²) in [5.41, 5.74) is 3.98. The molecule has 0 bridgehead atoms. The first kappa shape index (κ1) is 18.8. The van der Waals surface area contributed by atoms with Gasteiger partial charge < -0.3 is 10.6 Å². The molecule has 27 heavy (non-hydrogen) atoms.